The highest BCUT2D eigenvalue weighted by atomic mass is 16.6. The molecule has 0 bridgehead atoms. The van der Waals surface area contributed by atoms with E-state index in [2.05, 4.69) is 45.9 Å². The molecule has 21 nitrogen and oxygen atoms in total. The maximum atomic E-state index is 13.6. The van der Waals surface area contributed by atoms with Crippen molar-refractivity contribution in [1.82, 2.24) is 25.3 Å². The molecule has 5 aliphatic heterocycles. The molecule has 0 aromatic heterocycles. The maximum Gasteiger partial charge on any atom is 0.257 e. The first-order chi connectivity index (χ1) is 37.9. The molecular formula is C57H65N7O14. The van der Waals surface area contributed by atoms with Gasteiger partial charge in [0.1, 0.15) is 13.2 Å². The van der Waals surface area contributed by atoms with Gasteiger partial charge in [-0.15, -0.1) is 0 Å². The molecule has 6 amide bonds. The SMILES string of the molecule is C=C1C[C@H]2CNc3cc(OCc4cc(C#CCNC(=O)CCOCCOCCOCCOCCNC(=O)CCN5C(=O)C=CC5=O)cc(COc5cc6c(cc5OC)C(=O)N5CC(=C)C[C@H]5C=N6)c4)c(OC)cc3C(=O)N2C1. The summed E-state index contributed by atoms with van der Waals surface area (Å²) in [6.07, 6.45) is 5.69. The van der Waals surface area contributed by atoms with E-state index in [1.165, 1.54) is 26.4 Å². The first kappa shape index (κ1) is 56.2. The number of nitrogens with zero attached hydrogens (tertiary/aromatic N) is 4. The number of aliphatic imine (C=N–C) groups is 1. The topological polar surface area (TPSA) is 234 Å². The molecule has 412 valence electrons. The Hall–Kier alpha value is -8.03. The molecule has 5 aliphatic rings. The molecule has 0 spiro atoms. The van der Waals surface area contributed by atoms with Crippen molar-refractivity contribution in [2.45, 2.75) is 51.0 Å². The van der Waals surface area contributed by atoms with Crippen LogP contribution in [0.5, 0.6) is 23.0 Å². The Morgan fingerprint density at radius 2 is 1.27 bits per heavy atom. The Morgan fingerprint density at radius 1 is 0.679 bits per heavy atom. The predicted octanol–water partition coefficient (Wildman–Crippen LogP) is 3.90. The number of amides is 6. The molecule has 0 aliphatic carbocycles. The van der Waals surface area contributed by atoms with Crippen LogP contribution in [0.3, 0.4) is 0 Å². The summed E-state index contributed by atoms with van der Waals surface area (Å²) in [6, 6.07) is 12.4. The summed E-state index contributed by atoms with van der Waals surface area (Å²) in [5.41, 5.74) is 6.20. The molecule has 0 saturated carbocycles. The second-order valence-electron chi connectivity index (χ2n) is 18.9. The summed E-state index contributed by atoms with van der Waals surface area (Å²) in [6.45, 7) is 12.8. The number of benzene rings is 3. The molecule has 2 fully saturated rings. The Kier molecular flexibility index (Phi) is 19.7. The van der Waals surface area contributed by atoms with Crippen molar-refractivity contribution < 1.29 is 66.7 Å². The Balaban J connectivity index is 0.787. The van der Waals surface area contributed by atoms with Gasteiger partial charge < -0.3 is 63.6 Å². The zero-order valence-electron chi connectivity index (χ0n) is 44.0. The molecule has 2 atom stereocenters. The van der Waals surface area contributed by atoms with Gasteiger partial charge >= 0.3 is 0 Å². The van der Waals surface area contributed by atoms with Gasteiger partial charge in [-0.25, -0.2) is 0 Å². The average Bonchev–Trinajstić information content (AvgIpc) is 4.09. The highest BCUT2D eigenvalue weighted by Crippen LogP contribution is 2.40. The zero-order valence-corrected chi connectivity index (χ0v) is 44.0. The minimum atomic E-state index is -0.419. The van der Waals surface area contributed by atoms with Crippen LogP contribution >= 0.6 is 0 Å². The van der Waals surface area contributed by atoms with E-state index in [4.69, 9.17) is 37.9 Å². The molecule has 78 heavy (non-hydrogen) atoms. The Bertz CT molecular complexity index is 2890. The molecular weight excluding hydrogens is 1010 g/mol. The number of carbonyl (C=O) groups is 6. The lowest BCUT2D eigenvalue weighted by Gasteiger charge is -2.21. The van der Waals surface area contributed by atoms with Gasteiger partial charge in [0.05, 0.1) is 108 Å². The van der Waals surface area contributed by atoms with E-state index in [0.29, 0.717) is 117 Å². The van der Waals surface area contributed by atoms with E-state index in [9.17, 15) is 28.8 Å². The number of fused-ring (bicyclic) bond motifs is 4. The van der Waals surface area contributed by atoms with Crippen molar-refractivity contribution >= 4 is 53.0 Å². The number of rotatable bonds is 27. The van der Waals surface area contributed by atoms with Crippen LogP contribution in [0.2, 0.25) is 0 Å². The van der Waals surface area contributed by atoms with Crippen LogP contribution in [-0.4, -0.2) is 175 Å². The van der Waals surface area contributed by atoms with Crippen LogP contribution in [0.25, 0.3) is 0 Å². The molecule has 3 aromatic rings. The van der Waals surface area contributed by atoms with Crippen LogP contribution < -0.4 is 34.9 Å². The maximum absolute atomic E-state index is 13.6. The number of ether oxygens (including phenoxy) is 8. The van der Waals surface area contributed by atoms with Gasteiger partial charge in [0.15, 0.2) is 23.0 Å². The molecule has 21 heteroatoms. The first-order valence-corrected chi connectivity index (χ1v) is 25.8. The zero-order chi connectivity index (χ0) is 55.0. The Labute approximate surface area is 452 Å². The van der Waals surface area contributed by atoms with Crippen LogP contribution in [0.4, 0.5) is 11.4 Å². The first-order valence-electron chi connectivity index (χ1n) is 25.8. The van der Waals surface area contributed by atoms with Gasteiger partial charge in [0.25, 0.3) is 23.6 Å². The van der Waals surface area contributed by atoms with E-state index >= 15 is 0 Å². The smallest absolute Gasteiger partial charge is 0.257 e. The number of anilines is 1. The van der Waals surface area contributed by atoms with Crippen LogP contribution in [0.1, 0.15) is 63.1 Å². The number of methoxy groups -OCH3 is 2. The minimum Gasteiger partial charge on any atom is -0.493 e. The van der Waals surface area contributed by atoms with Crippen LogP contribution in [0, 0.1) is 11.8 Å². The lowest BCUT2D eigenvalue weighted by molar-refractivity contribution is -0.137. The third-order valence-electron chi connectivity index (χ3n) is 13.2. The molecule has 8 rings (SSSR count). The monoisotopic (exact) mass is 1070 g/mol. The normalized spacial score (nSPS) is 17.1. The number of carbonyl (C=O) groups excluding carboxylic acids is 6. The highest BCUT2D eigenvalue weighted by molar-refractivity contribution is 6.13. The summed E-state index contributed by atoms with van der Waals surface area (Å²) >= 11 is 0. The fourth-order valence-corrected chi connectivity index (χ4v) is 9.28. The Morgan fingerprint density at radius 3 is 1.95 bits per heavy atom. The largest absolute Gasteiger partial charge is 0.493 e. The summed E-state index contributed by atoms with van der Waals surface area (Å²) in [5.74, 6) is 6.24. The fraction of sp³-hybridized carbons (Fsp3) is 0.421. The third-order valence-corrected chi connectivity index (χ3v) is 13.2. The molecule has 2 saturated heterocycles. The van der Waals surface area contributed by atoms with Crippen molar-refractivity contribution in [1.29, 1.82) is 0 Å². The van der Waals surface area contributed by atoms with Gasteiger partial charge in [-0.05, 0) is 54.3 Å². The van der Waals surface area contributed by atoms with E-state index in [1.807, 2.05) is 23.1 Å². The summed E-state index contributed by atoms with van der Waals surface area (Å²) in [4.78, 5) is 84.2. The van der Waals surface area contributed by atoms with Gasteiger partial charge in [-0.3, -0.25) is 38.7 Å². The van der Waals surface area contributed by atoms with Gasteiger partial charge in [-0.1, -0.05) is 36.1 Å². The van der Waals surface area contributed by atoms with Crippen molar-refractivity contribution in [2.24, 2.45) is 4.99 Å². The second kappa shape index (κ2) is 27.3. The molecule has 0 unspecified atom stereocenters. The molecule has 3 N–H and O–H groups in total. The lowest BCUT2D eigenvalue weighted by Crippen LogP contribution is -2.36. The summed E-state index contributed by atoms with van der Waals surface area (Å²) in [5, 5.41) is 8.92. The van der Waals surface area contributed by atoms with Gasteiger partial charge in [-0.2, -0.15) is 0 Å². The lowest BCUT2D eigenvalue weighted by atomic mass is 10.1. The van der Waals surface area contributed by atoms with Crippen LogP contribution in [-0.2, 0) is 51.3 Å². The average molecular weight is 1070 g/mol. The predicted molar refractivity (Wildman–Crippen MR) is 286 cm³/mol. The standard InChI is InChI=1S/C57H65N7O14/c1-37-22-42-31-60-46-29-50(48(71-3)27-44(46)56(69)63(42)33-37)77-35-40-24-39(25-41(26-40)36-78-51-30-47-45(28-49(51)72-4)57(70)64-34-38(2)23-43(64)32-61-47)6-5-11-58-53(66)10-14-73-16-18-75-20-21-76-19-17-74-15-12-59-52(65)9-13-62-54(67)7-8-55(62)68/h7-8,24-31,42-43,61H,1-2,9-23,32-36H2,3-4H3,(H,58,66)(H,59,65)/t42-,43-/m0/s1. The number of hydrogen-bond acceptors (Lipinski definition) is 16. The second-order valence-corrected chi connectivity index (χ2v) is 18.9. The quantitative estimate of drug-likeness (QED) is 0.0425. The van der Waals surface area contributed by atoms with Gasteiger partial charge in [0.2, 0.25) is 11.8 Å². The van der Waals surface area contributed by atoms with Crippen molar-refractivity contribution in [2.75, 3.05) is 112 Å². The van der Waals surface area contributed by atoms with E-state index in [-0.39, 0.29) is 94.6 Å². The van der Waals surface area contributed by atoms with E-state index < -0.39 is 11.8 Å². The van der Waals surface area contributed by atoms with Gasteiger partial charge in [0, 0.05) is 81.6 Å². The molecule has 5 heterocycles. The summed E-state index contributed by atoms with van der Waals surface area (Å²) < 4.78 is 46.3. The van der Waals surface area contributed by atoms with E-state index in [0.717, 1.165) is 33.6 Å². The third kappa shape index (κ3) is 14.9. The molecule has 3 aromatic carbocycles. The number of nitrogens with one attached hydrogen (secondary N) is 3. The van der Waals surface area contributed by atoms with Crippen molar-refractivity contribution in [3.05, 3.63) is 107 Å². The van der Waals surface area contributed by atoms with Crippen LogP contribution in [0.15, 0.2) is 83.9 Å². The number of hydrogen-bond donors (Lipinski definition) is 3. The van der Waals surface area contributed by atoms with E-state index in [1.54, 1.807) is 35.4 Å². The molecule has 0 radical (unpaired) electrons. The number of imide groups is 1. The minimum absolute atomic E-state index is 0.0135. The summed E-state index contributed by atoms with van der Waals surface area (Å²) in [7, 11) is 3.05. The highest BCUT2D eigenvalue weighted by Gasteiger charge is 2.37. The fourth-order valence-electron chi connectivity index (χ4n) is 9.28. The van der Waals surface area contributed by atoms with Crippen molar-refractivity contribution in [3.63, 3.8) is 0 Å². The van der Waals surface area contributed by atoms with Crippen molar-refractivity contribution in [3.8, 4) is 34.8 Å².